The third-order valence-electron chi connectivity index (χ3n) is 2.92. The Bertz CT molecular complexity index is 388. The lowest BCUT2D eigenvalue weighted by Gasteiger charge is -2.20. The molecule has 1 heterocycles. The lowest BCUT2D eigenvalue weighted by molar-refractivity contribution is -0.120. The van der Waals surface area contributed by atoms with Gasteiger partial charge in [0.1, 0.15) is 5.60 Å². The SMILES string of the molecule is O=C(CNc1ccccc1)NCC1(O)CCOC1. The highest BCUT2D eigenvalue weighted by molar-refractivity contribution is 5.80. The van der Waals surface area contributed by atoms with E-state index >= 15 is 0 Å². The Labute approximate surface area is 106 Å². The number of carbonyl (C=O) groups is 1. The van der Waals surface area contributed by atoms with Crippen LogP contribution in [-0.2, 0) is 9.53 Å². The zero-order valence-corrected chi connectivity index (χ0v) is 10.2. The van der Waals surface area contributed by atoms with Crippen LogP contribution in [-0.4, -0.2) is 42.9 Å². The number of benzene rings is 1. The molecule has 0 aliphatic carbocycles. The molecule has 1 amide bonds. The first-order chi connectivity index (χ1) is 8.68. The predicted molar refractivity (Wildman–Crippen MR) is 68.3 cm³/mol. The summed E-state index contributed by atoms with van der Waals surface area (Å²) in [5.74, 6) is -0.140. The van der Waals surface area contributed by atoms with Crippen molar-refractivity contribution in [1.29, 1.82) is 0 Å². The largest absolute Gasteiger partial charge is 0.386 e. The fraction of sp³-hybridized carbons (Fsp3) is 0.462. The van der Waals surface area contributed by atoms with Crippen LogP contribution in [0, 0.1) is 0 Å². The van der Waals surface area contributed by atoms with E-state index in [1.54, 1.807) is 0 Å². The summed E-state index contributed by atoms with van der Waals surface area (Å²) in [5.41, 5.74) is -0.00172. The molecule has 1 aliphatic heterocycles. The number of nitrogens with one attached hydrogen (secondary N) is 2. The standard InChI is InChI=1S/C13H18N2O3/c16-12(8-14-11-4-2-1-3-5-11)15-9-13(17)6-7-18-10-13/h1-5,14,17H,6-10H2,(H,15,16). The molecule has 3 N–H and O–H groups in total. The molecule has 2 rings (SSSR count). The second-order valence-electron chi connectivity index (χ2n) is 4.52. The number of hydrogen-bond acceptors (Lipinski definition) is 4. The molecule has 18 heavy (non-hydrogen) atoms. The topological polar surface area (TPSA) is 70.6 Å². The van der Waals surface area contributed by atoms with Crippen molar-refractivity contribution < 1.29 is 14.6 Å². The van der Waals surface area contributed by atoms with Crippen LogP contribution in [0.3, 0.4) is 0 Å². The van der Waals surface area contributed by atoms with Gasteiger partial charge in [-0.05, 0) is 12.1 Å². The fourth-order valence-electron chi connectivity index (χ4n) is 1.80. The molecule has 1 atom stereocenters. The second-order valence-corrected chi connectivity index (χ2v) is 4.52. The maximum Gasteiger partial charge on any atom is 0.239 e. The summed E-state index contributed by atoms with van der Waals surface area (Å²) in [6.07, 6.45) is 0.569. The Balaban J connectivity index is 1.69. The number of rotatable bonds is 5. The van der Waals surface area contributed by atoms with E-state index in [0.29, 0.717) is 19.6 Å². The van der Waals surface area contributed by atoms with E-state index < -0.39 is 5.60 Å². The van der Waals surface area contributed by atoms with Crippen LogP contribution < -0.4 is 10.6 Å². The number of para-hydroxylation sites is 1. The van der Waals surface area contributed by atoms with Gasteiger partial charge in [0.05, 0.1) is 13.2 Å². The second kappa shape index (κ2) is 5.84. The summed E-state index contributed by atoms with van der Waals surface area (Å²) in [6, 6.07) is 9.51. The molecular formula is C13H18N2O3. The third-order valence-corrected chi connectivity index (χ3v) is 2.92. The van der Waals surface area contributed by atoms with Crippen LogP contribution >= 0.6 is 0 Å². The van der Waals surface area contributed by atoms with Crippen molar-refractivity contribution in [3.8, 4) is 0 Å². The molecule has 5 nitrogen and oxygen atoms in total. The van der Waals surface area contributed by atoms with Gasteiger partial charge in [-0.3, -0.25) is 4.79 Å². The molecule has 1 fully saturated rings. The van der Waals surface area contributed by atoms with Gasteiger partial charge in [-0.25, -0.2) is 0 Å². The van der Waals surface area contributed by atoms with Crippen molar-refractivity contribution in [2.24, 2.45) is 0 Å². The van der Waals surface area contributed by atoms with E-state index in [9.17, 15) is 9.90 Å². The van der Waals surface area contributed by atoms with Gasteiger partial charge in [-0.15, -0.1) is 0 Å². The molecule has 1 aromatic carbocycles. The molecular weight excluding hydrogens is 232 g/mol. The summed E-state index contributed by atoms with van der Waals surface area (Å²) in [6.45, 7) is 1.28. The first kappa shape index (κ1) is 12.9. The Morgan fingerprint density at radius 3 is 2.83 bits per heavy atom. The normalized spacial score (nSPS) is 22.7. The summed E-state index contributed by atoms with van der Waals surface area (Å²) in [7, 11) is 0. The van der Waals surface area contributed by atoms with Gasteiger partial charge in [0.2, 0.25) is 5.91 Å². The first-order valence-corrected chi connectivity index (χ1v) is 6.04. The lowest BCUT2D eigenvalue weighted by Crippen LogP contribution is -2.44. The summed E-state index contributed by atoms with van der Waals surface area (Å²) < 4.78 is 5.10. The van der Waals surface area contributed by atoms with Crippen molar-refractivity contribution in [3.05, 3.63) is 30.3 Å². The van der Waals surface area contributed by atoms with E-state index in [1.165, 1.54) is 0 Å². The van der Waals surface area contributed by atoms with Crippen molar-refractivity contribution in [3.63, 3.8) is 0 Å². The first-order valence-electron chi connectivity index (χ1n) is 6.04. The van der Waals surface area contributed by atoms with Crippen LogP contribution in [0.2, 0.25) is 0 Å². The molecule has 0 spiro atoms. The highest BCUT2D eigenvalue weighted by Crippen LogP contribution is 2.16. The summed E-state index contributed by atoms with van der Waals surface area (Å²) >= 11 is 0. The summed E-state index contributed by atoms with van der Waals surface area (Å²) in [5, 5.41) is 15.7. The van der Waals surface area contributed by atoms with Crippen molar-refractivity contribution >= 4 is 11.6 Å². The van der Waals surface area contributed by atoms with Gasteiger partial charge in [0.25, 0.3) is 0 Å². The van der Waals surface area contributed by atoms with Crippen LogP contribution in [0.15, 0.2) is 30.3 Å². The average molecular weight is 250 g/mol. The van der Waals surface area contributed by atoms with Gasteiger partial charge in [-0.2, -0.15) is 0 Å². The van der Waals surface area contributed by atoms with E-state index in [2.05, 4.69) is 10.6 Å². The quantitative estimate of drug-likeness (QED) is 0.706. The number of hydrogen-bond donors (Lipinski definition) is 3. The van der Waals surface area contributed by atoms with E-state index in [0.717, 1.165) is 5.69 Å². The van der Waals surface area contributed by atoms with Crippen molar-refractivity contribution in [2.45, 2.75) is 12.0 Å². The molecule has 1 aromatic rings. The maximum atomic E-state index is 11.6. The Morgan fingerprint density at radius 1 is 1.39 bits per heavy atom. The maximum absolute atomic E-state index is 11.6. The molecule has 1 saturated heterocycles. The number of carbonyl (C=O) groups excluding carboxylic acids is 1. The molecule has 1 aliphatic rings. The van der Waals surface area contributed by atoms with Crippen LogP contribution in [0.25, 0.3) is 0 Å². The van der Waals surface area contributed by atoms with Gasteiger partial charge < -0.3 is 20.5 Å². The number of ether oxygens (including phenoxy) is 1. The number of amides is 1. The van der Waals surface area contributed by atoms with Crippen LogP contribution in [0.4, 0.5) is 5.69 Å². The minimum Gasteiger partial charge on any atom is -0.386 e. The molecule has 5 heteroatoms. The molecule has 0 aromatic heterocycles. The lowest BCUT2D eigenvalue weighted by atomic mass is 10.0. The average Bonchev–Trinajstić information content (AvgIpc) is 2.83. The van der Waals surface area contributed by atoms with Gasteiger partial charge in [0.15, 0.2) is 0 Å². The monoisotopic (exact) mass is 250 g/mol. The van der Waals surface area contributed by atoms with Crippen LogP contribution in [0.5, 0.6) is 0 Å². The van der Waals surface area contributed by atoms with Gasteiger partial charge in [-0.1, -0.05) is 18.2 Å². The number of anilines is 1. The third kappa shape index (κ3) is 3.72. The minimum absolute atomic E-state index is 0.140. The van der Waals surface area contributed by atoms with Gasteiger partial charge >= 0.3 is 0 Å². The number of aliphatic hydroxyl groups is 1. The molecule has 0 radical (unpaired) electrons. The highest BCUT2D eigenvalue weighted by Gasteiger charge is 2.32. The molecule has 0 bridgehead atoms. The summed E-state index contributed by atoms with van der Waals surface area (Å²) in [4.78, 5) is 11.6. The molecule has 1 unspecified atom stereocenters. The Kier molecular flexibility index (Phi) is 4.17. The molecule has 98 valence electrons. The minimum atomic E-state index is -0.900. The van der Waals surface area contributed by atoms with Gasteiger partial charge in [0, 0.05) is 25.3 Å². The molecule has 0 saturated carbocycles. The Hall–Kier alpha value is -1.59. The predicted octanol–water partition coefficient (Wildman–Crippen LogP) is 0.366. The van der Waals surface area contributed by atoms with Crippen molar-refractivity contribution in [1.82, 2.24) is 5.32 Å². The Morgan fingerprint density at radius 2 is 2.17 bits per heavy atom. The van der Waals surface area contributed by atoms with E-state index in [-0.39, 0.29) is 19.0 Å². The zero-order chi connectivity index (χ0) is 12.8. The fourth-order valence-corrected chi connectivity index (χ4v) is 1.80. The highest BCUT2D eigenvalue weighted by atomic mass is 16.5. The van der Waals surface area contributed by atoms with E-state index in [1.807, 2.05) is 30.3 Å². The zero-order valence-electron chi connectivity index (χ0n) is 10.2. The van der Waals surface area contributed by atoms with Crippen LogP contribution in [0.1, 0.15) is 6.42 Å². The van der Waals surface area contributed by atoms with E-state index in [4.69, 9.17) is 4.74 Å². The smallest absolute Gasteiger partial charge is 0.239 e. The van der Waals surface area contributed by atoms with Crippen molar-refractivity contribution in [2.75, 3.05) is 31.6 Å².